The van der Waals surface area contributed by atoms with Crippen molar-refractivity contribution >= 4 is 5.97 Å². The summed E-state index contributed by atoms with van der Waals surface area (Å²) in [5.74, 6) is -1.41. The first-order valence-corrected chi connectivity index (χ1v) is 4.25. The van der Waals surface area contributed by atoms with Crippen LogP contribution in [0.15, 0.2) is 0 Å². The molecule has 14 heavy (non-hydrogen) atoms. The minimum Gasteiger partial charge on any atom is -0.479 e. The van der Waals surface area contributed by atoms with Crippen LogP contribution < -0.4 is 0 Å². The first kappa shape index (κ1) is 11.4. The molecule has 1 fully saturated rings. The average Bonchev–Trinajstić information content (AvgIpc) is 2.11. The highest BCUT2D eigenvalue weighted by Crippen LogP contribution is 2.30. The van der Waals surface area contributed by atoms with E-state index in [4.69, 9.17) is 9.84 Å². The molecular formula is C8H14O6. The molecule has 1 saturated carbocycles. The van der Waals surface area contributed by atoms with Crippen molar-refractivity contribution in [1.29, 1.82) is 0 Å². The second-order valence-electron chi connectivity index (χ2n) is 3.58. The predicted octanol–water partition coefficient (Wildman–Crippen LogP) is -1.67. The SMILES string of the molecule is CO[C@@H]1C[C@](O)(C(=O)O)C[C@@H](O)[C@H]1O. The fourth-order valence-electron chi connectivity index (χ4n) is 1.65. The predicted molar refractivity (Wildman–Crippen MR) is 44.6 cm³/mol. The van der Waals surface area contributed by atoms with Crippen molar-refractivity contribution in [3.8, 4) is 0 Å². The van der Waals surface area contributed by atoms with Gasteiger partial charge >= 0.3 is 5.97 Å². The molecule has 1 aliphatic carbocycles. The summed E-state index contributed by atoms with van der Waals surface area (Å²) >= 11 is 0. The van der Waals surface area contributed by atoms with Crippen molar-refractivity contribution < 1.29 is 30.0 Å². The van der Waals surface area contributed by atoms with Crippen LogP contribution in [0, 0.1) is 0 Å². The Morgan fingerprint density at radius 3 is 2.43 bits per heavy atom. The van der Waals surface area contributed by atoms with Crippen LogP contribution in [-0.2, 0) is 9.53 Å². The van der Waals surface area contributed by atoms with E-state index < -0.39 is 29.9 Å². The molecule has 1 rings (SSSR count). The lowest BCUT2D eigenvalue weighted by atomic mass is 9.79. The zero-order valence-electron chi connectivity index (χ0n) is 7.75. The number of hydrogen-bond donors (Lipinski definition) is 4. The highest BCUT2D eigenvalue weighted by Gasteiger charge is 2.49. The van der Waals surface area contributed by atoms with Crippen LogP contribution >= 0.6 is 0 Å². The number of aliphatic hydroxyl groups excluding tert-OH is 2. The maximum Gasteiger partial charge on any atom is 0.335 e. The summed E-state index contributed by atoms with van der Waals surface area (Å²) in [5.41, 5.74) is -2.01. The summed E-state index contributed by atoms with van der Waals surface area (Å²) < 4.78 is 4.79. The van der Waals surface area contributed by atoms with E-state index in [1.165, 1.54) is 7.11 Å². The van der Waals surface area contributed by atoms with Crippen molar-refractivity contribution in [2.45, 2.75) is 36.8 Å². The molecule has 6 heteroatoms. The molecule has 0 unspecified atom stereocenters. The molecule has 0 heterocycles. The molecule has 0 bridgehead atoms. The highest BCUT2D eigenvalue weighted by molar-refractivity contribution is 5.77. The molecule has 0 spiro atoms. The number of aliphatic hydroxyl groups is 3. The molecule has 4 atom stereocenters. The number of hydrogen-bond acceptors (Lipinski definition) is 5. The number of methoxy groups -OCH3 is 1. The number of ether oxygens (including phenoxy) is 1. The first-order valence-electron chi connectivity index (χ1n) is 4.25. The fraction of sp³-hybridized carbons (Fsp3) is 0.875. The minimum absolute atomic E-state index is 0.225. The Morgan fingerprint density at radius 2 is 2.00 bits per heavy atom. The fourth-order valence-corrected chi connectivity index (χ4v) is 1.65. The maximum atomic E-state index is 10.7. The van der Waals surface area contributed by atoms with Crippen molar-refractivity contribution in [3.63, 3.8) is 0 Å². The summed E-state index contributed by atoms with van der Waals surface area (Å²) in [6.45, 7) is 0. The highest BCUT2D eigenvalue weighted by atomic mass is 16.5. The van der Waals surface area contributed by atoms with Crippen LogP contribution in [0.2, 0.25) is 0 Å². The third-order valence-corrected chi connectivity index (χ3v) is 2.56. The van der Waals surface area contributed by atoms with Crippen LogP contribution in [-0.4, -0.2) is 57.4 Å². The monoisotopic (exact) mass is 206 g/mol. The third kappa shape index (κ3) is 1.88. The van der Waals surface area contributed by atoms with Gasteiger partial charge in [-0.3, -0.25) is 0 Å². The van der Waals surface area contributed by atoms with Gasteiger partial charge in [0.25, 0.3) is 0 Å². The van der Waals surface area contributed by atoms with Gasteiger partial charge in [-0.15, -0.1) is 0 Å². The molecule has 0 aromatic heterocycles. The maximum absolute atomic E-state index is 10.7. The molecule has 0 aliphatic heterocycles. The number of aliphatic carboxylic acids is 1. The van der Waals surface area contributed by atoms with Crippen molar-refractivity contribution in [1.82, 2.24) is 0 Å². The Bertz CT molecular complexity index is 230. The Hall–Kier alpha value is -0.690. The van der Waals surface area contributed by atoms with Crippen LogP contribution in [0.1, 0.15) is 12.8 Å². The standard InChI is InChI=1S/C8H14O6/c1-14-5-3-8(13,7(11)12)2-4(9)6(5)10/h4-6,9-10,13H,2-3H2,1H3,(H,11,12)/t4-,5-,6-,8+/m1/s1. The summed E-state index contributed by atoms with van der Waals surface area (Å²) in [7, 11) is 1.29. The van der Waals surface area contributed by atoms with E-state index in [1.54, 1.807) is 0 Å². The van der Waals surface area contributed by atoms with Crippen molar-refractivity contribution in [2.24, 2.45) is 0 Å². The number of carboxylic acids is 1. The number of carbonyl (C=O) groups is 1. The number of carboxylic acid groups (broad SMARTS) is 1. The van der Waals surface area contributed by atoms with Crippen LogP contribution in [0.5, 0.6) is 0 Å². The topological polar surface area (TPSA) is 107 Å². The lowest BCUT2D eigenvalue weighted by Gasteiger charge is -2.38. The van der Waals surface area contributed by atoms with Crippen LogP contribution in [0.3, 0.4) is 0 Å². The molecule has 82 valence electrons. The lowest BCUT2D eigenvalue weighted by Crippen LogP contribution is -2.56. The van der Waals surface area contributed by atoms with Gasteiger partial charge in [0.05, 0.1) is 12.2 Å². The molecule has 6 nitrogen and oxygen atoms in total. The van der Waals surface area contributed by atoms with Gasteiger partial charge in [-0.2, -0.15) is 0 Å². The van der Waals surface area contributed by atoms with Gasteiger partial charge in [-0.05, 0) is 0 Å². The summed E-state index contributed by atoms with van der Waals surface area (Å²) in [6.07, 6.45) is -3.91. The summed E-state index contributed by atoms with van der Waals surface area (Å²) in [5, 5.41) is 37.0. The van der Waals surface area contributed by atoms with Gasteiger partial charge in [0, 0.05) is 20.0 Å². The van der Waals surface area contributed by atoms with E-state index in [1.807, 2.05) is 0 Å². The average molecular weight is 206 g/mol. The van der Waals surface area contributed by atoms with Gasteiger partial charge in [0.2, 0.25) is 0 Å². The van der Waals surface area contributed by atoms with E-state index in [0.717, 1.165) is 0 Å². The van der Waals surface area contributed by atoms with Gasteiger partial charge in [-0.1, -0.05) is 0 Å². The quantitative estimate of drug-likeness (QED) is 0.430. The second kappa shape index (κ2) is 3.82. The molecule has 0 aromatic carbocycles. The molecule has 0 amide bonds. The molecule has 0 aromatic rings. The third-order valence-electron chi connectivity index (χ3n) is 2.56. The minimum atomic E-state index is -2.01. The normalized spacial score (nSPS) is 43.6. The van der Waals surface area contributed by atoms with E-state index in [2.05, 4.69) is 0 Å². The zero-order chi connectivity index (χ0) is 10.9. The molecule has 0 radical (unpaired) electrons. The molecule has 0 saturated heterocycles. The van der Waals surface area contributed by atoms with Crippen molar-refractivity contribution in [3.05, 3.63) is 0 Å². The Labute approximate surface area is 80.7 Å². The van der Waals surface area contributed by atoms with Crippen LogP contribution in [0.4, 0.5) is 0 Å². The van der Waals surface area contributed by atoms with E-state index >= 15 is 0 Å². The largest absolute Gasteiger partial charge is 0.479 e. The van der Waals surface area contributed by atoms with Crippen molar-refractivity contribution in [2.75, 3.05) is 7.11 Å². The second-order valence-corrected chi connectivity index (χ2v) is 3.58. The molecule has 1 aliphatic rings. The van der Waals surface area contributed by atoms with E-state index in [-0.39, 0.29) is 12.8 Å². The summed E-state index contributed by atoms with van der Waals surface area (Å²) in [6, 6.07) is 0. The lowest BCUT2D eigenvalue weighted by molar-refractivity contribution is -0.190. The Morgan fingerprint density at radius 1 is 1.43 bits per heavy atom. The zero-order valence-corrected chi connectivity index (χ0v) is 7.75. The van der Waals surface area contributed by atoms with Gasteiger partial charge in [-0.25, -0.2) is 4.79 Å². The first-order chi connectivity index (χ1) is 6.40. The number of rotatable bonds is 2. The molecular weight excluding hydrogens is 192 g/mol. The van der Waals surface area contributed by atoms with Gasteiger partial charge < -0.3 is 25.2 Å². The Balaban J connectivity index is 2.81. The van der Waals surface area contributed by atoms with Gasteiger partial charge in [0.15, 0.2) is 5.60 Å². The van der Waals surface area contributed by atoms with Gasteiger partial charge in [0.1, 0.15) is 6.10 Å². The van der Waals surface area contributed by atoms with Crippen LogP contribution in [0.25, 0.3) is 0 Å². The Kier molecular flexibility index (Phi) is 3.10. The summed E-state index contributed by atoms with van der Waals surface area (Å²) in [4.78, 5) is 10.7. The molecule has 4 N–H and O–H groups in total. The van der Waals surface area contributed by atoms with E-state index in [0.29, 0.717) is 0 Å². The smallest absolute Gasteiger partial charge is 0.335 e. The van der Waals surface area contributed by atoms with E-state index in [9.17, 15) is 20.1 Å².